The number of piperidine rings is 1. The van der Waals surface area contributed by atoms with Gasteiger partial charge < -0.3 is 5.11 Å². The summed E-state index contributed by atoms with van der Waals surface area (Å²) in [5.41, 5.74) is 1.19. The summed E-state index contributed by atoms with van der Waals surface area (Å²) in [6.45, 7) is 6.23. The van der Waals surface area contributed by atoms with E-state index in [1.165, 1.54) is 29.7 Å². The largest absolute Gasteiger partial charge is 0.492 e. The highest BCUT2D eigenvalue weighted by Crippen LogP contribution is 2.41. The van der Waals surface area contributed by atoms with Crippen molar-refractivity contribution in [1.82, 2.24) is 19.5 Å². The number of halogens is 1. The Bertz CT molecular complexity index is 881. The summed E-state index contributed by atoms with van der Waals surface area (Å²) >= 11 is 5.05. The van der Waals surface area contributed by atoms with Gasteiger partial charge in [-0.15, -0.1) is 5.10 Å². The van der Waals surface area contributed by atoms with Gasteiger partial charge in [0, 0.05) is 4.47 Å². The Morgan fingerprint density at radius 2 is 1.92 bits per heavy atom. The van der Waals surface area contributed by atoms with Crippen molar-refractivity contribution >= 4 is 32.2 Å². The molecule has 5 nitrogen and oxygen atoms in total. The van der Waals surface area contributed by atoms with Crippen molar-refractivity contribution in [3.63, 3.8) is 0 Å². The molecule has 3 aromatic rings. The van der Waals surface area contributed by atoms with E-state index in [4.69, 9.17) is 0 Å². The van der Waals surface area contributed by atoms with E-state index in [9.17, 15) is 5.11 Å². The molecule has 1 aliphatic rings. The molecule has 1 unspecified atom stereocenters. The number of hydrogen-bond acceptors (Lipinski definition) is 5. The molecule has 0 amide bonds. The molecule has 1 atom stereocenters. The number of aromatic hydroxyl groups is 1. The van der Waals surface area contributed by atoms with Crippen LogP contribution in [0.4, 0.5) is 0 Å². The lowest BCUT2D eigenvalue weighted by atomic mass is 9.95. The molecule has 1 aliphatic heterocycles. The van der Waals surface area contributed by atoms with Gasteiger partial charge in [-0.25, -0.2) is 4.98 Å². The number of hydrogen-bond donors (Lipinski definition) is 1. The number of benzene rings is 1. The van der Waals surface area contributed by atoms with Crippen molar-refractivity contribution in [3.05, 3.63) is 45.0 Å². The van der Waals surface area contributed by atoms with Crippen molar-refractivity contribution in [2.24, 2.45) is 5.92 Å². The van der Waals surface area contributed by atoms with Gasteiger partial charge in [0.05, 0.1) is 10.9 Å². The quantitative estimate of drug-likeness (QED) is 0.682. The van der Waals surface area contributed by atoms with Crippen LogP contribution in [0.2, 0.25) is 0 Å². The maximum atomic E-state index is 10.8. The van der Waals surface area contributed by atoms with E-state index in [1.807, 2.05) is 6.92 Å². The third-order valence-electron chi connectivity index (χ3n) is 4.92. The number of nitrogens with zero attached hydrogens (tertiary/aromatic N) is 4. The maximum absolute atomic E-state index is 10.8. The molecular weight excluding hydrogens is 400 g/mol. The molecule has 132 valence electrons. The Balaban J connectivity index is 1.79. The summed E-state index contributed by atoms with van der Waals surface area (Å²) in [4.78, 5) is 8.57. The van der Waals surface area contributed by atoms with Gasteiger partial charge in [0.2, 0.25) is 10.8 Å². The fraction of sp³-hybridized carbons (Fsp3) is 0.444. The van der Waals surface area contributed by atoms with E-state index >= 15 is 0 Å². The smallest absolute Gasteiger partial charge is 0.230 e. The van der Waals surface area contributed by atoms with Gasteiger partial charge in [0.15, 0.2) is 0 Å². The predicted octanol–water partition coefficient (Wildman–Crippen LogP) is 4.39. The van der Waals surface area contributed by atoms with Crippen LogP contribution in [0.5, 0.6) is 5.88 Å². The van der Waals surface area contributed by atoms with Crippen LogP contribution in [-0.4, -0.2) is 37.7 Å². The van der Waals surface area contributed by atoms with Crippen LogP contribution in [-0.2, 0) is 0 Å². The first-order valence-electron chi connectivity index (χ1n) is 8.57. The summed E-state index contributed by atoms with van der Waals surface area (Å²) in [5.74, 6) is 1.66. The van der Waals surface area contributed by atoms with Crippen LogP contribution in [0.1, 0.15) is 42.1 Å². The molecule has 2 aromatic heterocycles. The summed E-state index contributed by atoms with van der Waals surface area (Å²) in [6, 6.07) is 8.43. The van der Waals surface area contributed by atoms with Crippen molar-refractivity contribution in [3.8, 4) is 5.88 Å². The molecular formula is C18H21BrN4OS. The minimum absolute atomic E-state index is 0.0365. The van der Waals surface area contributed by atoms with Crippen LogP contribution >= 0.6 is 27.3 Å². The highest BCUT2D eigenvalue weighted by atomic mass is 79.9. The van der Waals surface area contributed by atoms with Crippen LogP contribution in [0, 0.1) is 12.8 Å². The molecule has 0 saturated carbocycles. The lowest BCUT2D eigenvalue weighted by Crippen LogP contribution is -2.36. The fourth-order valence-corrected chi connectivity index (χ4v) is 4.91. The molecule has 25 heavy (non-hydrogen) atoms. The second-order valence-electron chi connectivity index (χ2n) is 6.82. The van der Waals surface area contributed by atoms with Crippen molar-refractivity contribution < 1.29 is 5.11 Å². The van der Waals surface area contributed by atoms with E-state index in [-0.39, 0.29) is 11.9 Å². The minimum atomic E-state index is 0.0365. The molecule has 7 heteroatoms. The van der Waals surface area contributed by atoms with Gasteiger partial charge >= 0.3 is 0 Å². The van der Waals surface area contributed by atoms with Gasteiger partial charge in [-0.05, 0) is 56.5 Å². The monoisotopic (exact) mass is 420 g/mol. The summed E-state index contributed by atoms with van der Waals surface area (Å²) < 4.78 is 2.62. The van der Waals surface area contributed by atoms with E-state index in [0.29, 0.717) is 5.82 Å². The van der Waals surface area contributed by atoms with Crippen LogP contribution in [0.15, 0.2) is 28.7 Å². The second kappa shape index (κ2) is 6.70. The lowest BCUT2D eigenvalue weighted by Gasteiger charge is -2.36. The predicted molar refractivity (Wildman–Crippen MR) is 103 cm³/mol. The number of rotatable bonds is 3. The number of likely N-dealkylation sites (tertiary alicyclic amines) is 1. The van der Waals surface area contributed by atoms with E-state index in [1.54, 1.807) is 4.52 Å². The standard InChI is InChI=1S/C18H21BrN4OS/c1-11-7-9-22(10-8-11)15(13-3-5-14(19)6-4-13)16-17(24)23-18(25-16)20-12(2)21-23/h3-6,11,15,24H,7-10H2,1-2H3. The highest BCUT2D eigenvalue weighted by molar-refractivity contribution is 9.10. The Kier molecular flexibility index (Phi) is 4.56. The van der Waals surface area contributed by atoms with Crippen LogP contribution in [0.3, 0.4) is 0 Å². The molecule has 4 rings (SSSR count). The molecule has 0 spiro atoms. The molecule has 0 radical (unpaired) electrons. The Morgan fingerprint density at radius 1 is 1.24 bits per heavy atom. The molecule has 1 N–H and O–H groups in total. The minimum Gasteiger partial charge on any atom is -0.492 e. The SMILES string of the molecule is Cc1nc2sc(C(c3ccc(Br)cc3)N3CCC(C)CC3)c(O)n2n1. The number of fused-ring (bicyclic) bond motifs is 1. The third kappa shape index (κ3) is 3.20. The van der Waals surface area contributed by atoms with E-state index in [0.717, 1.165) is 33.3 Å². The zero-order chi connectivity index (χ0) is 17.6. The van der Waals surface area contributed by atoms with Crippen molar-refractivity contribution in [2.75, 3.05) is 13.1 Å². The van der Waals surface area contributed by atoms with E-state index < -0.39 is 0 Å². The first kappa shape index (κ1) is 17.0. The topological polar surface area (TPSA) is 53.7 Å². The normalized spacial score (nSPS) is 18.0. The lowest BCUT2D eigenvalue weighted by molar-refractivity contribution is 0.157. The first-order chi connectivity index (χ1) is 12.0. The van der Waals surface area contributed by atoms with Crippen molar-refractivity contribution in [1.29, 1.82) is 0 Å². The highest BCUT2D eigenvalue weighted by Gasteiger charge is 2.31. The summed E-state index contributed by atoms with van der Waals surface area (Å²) in [6.07, 6.45) is 2.38. The summed E-state index contributed by atoms with van der Waals surface area (Å²) in [5, 5.41) is 15.1. The maximum Gasteiger partial charge on any atom is 0.230 e. The fourth-order valence-electron chi connectivity index (χ4n) is 3.49. The molecule has 1 aromatic carbocycles. The van der Waals surface area contributed by atoms with Crippen LogP contribution < -0.4 is 0 Å². The Morgan fingerprint density at radius 3 is 2.56 bits per heavy atom. The average Bonchev–Trinajstić information content (AvgIpc) is 3.09. The molecule has 0 bridgehead atoms. The van der Waals surface area contributed by atoms with Gasteiger partial charge in [0.1, 0.15) is 5.82 Å². The summed E-state index contributed by atoms with van der Waals surface area (Å²) in [7, 11) is 0. The number of aromatic nitrogens is 3. The third-order valence-corrected chi connectivity index (χ3v) is 6.52. The van der Waals surface area contributed by atoms with Gasteiger partial charge in [-0.3, -0.25) is 4.90 Å². The van der Waals surface area contributed by atoms with Gasteiger partial charge in [-0.1, -0.05) is 46.3 Å². The van der Waals surface area contributed by atoms with E-state index in [2.05, 4.69) is 62.1 Å². The average molecular weight is 421 g/mol. The zero-order valence-electron chi connectivity index (χ0n) is 14.3. The van der Waals surface area contributed by atoms with Crippen molar-refractivity contribution in [2.45, 2.75) is 32.7 Å². The number of aryl methyl sites for hydroxylation is 1. The molecule has 1 fully saturated rings. The second-order valence-corrected chi connectivity index (χ2v) is 8.74. The zero-order valence-corrected chi connectivity index (χ0v) is 16.7. The first-order valence-corrected chi connectivity index (χ1v) is 10.2. The van der Waals surface area contributed by atoms with Gasteiger partial charge in [-0.2, -0.15) is 4.52 Å². The molecule has 3 heterocycles. The molecule has 0 aliphatic carbocycles. The van der Waals surface area contributed by atoms with Gasteiger partial charge in [0.25, 0.3) is 0 Å². The number of thiazole rings is 1. The Labute approximate surface area is 159 Å². The molecule has 1 saturated heterocycles. The Hall–Kier alpha value is -1.44. The van der Waals surface area contributed by atoms with Crippen LogP contribution in [0.25, 0.3) is 4.96 Å².